The van der Waals surface area contributed by atoms with Crippen LogP contribution in [0.2, 0.25) is 0 Å². The van der Waals surface area contributed by atoms with E-state index in [1.165, 1.54) is 6.07 Å². The molecule has 3 heterocycles. The van der Waals surface area contributed by atoms with Crippen LogP contribution in [0, 0.1) is 0 Å². The van der Waals surface area contributed by atoms with Gasteiger partial charge in [-0.3, -0.25) is 4.79 Å². The molecule has 7 heteroatoms. The highest BCUT2D eigenvalue weighted by atomic mass is 16.5. The lowest BCUT2D eigenvalue weighted by atomic mass is 9.98. The van der Waals surface area contributed by atoms with Crippen LogP contribution in [0.15, 0.2) is 41.0 Å². The van der Waals surface area contributed by atoms with Crippen molar-refractivity contribution in [2.24, 2.45) is 0 Å². The Kier molecular flexibility index (Phi) is 4.88. The second-order valence-corrected chi connectivity index (χ2v) is 6.95. The smallest absolute Gasteiger partial charge is 0.339 e. The average Bonchev–Trinajstić information content (AvgIpc) is 3.37. The Hall–Kier alpha value is -3.48. The maximum atomic E-state index is 12.8. The molecule has 1 aromatic carbocycles. The van der Waals surface area contributed by atoms with Gasteiger partial charge in [-0.1, -0.05) is 13.0 Å². The van der Waals surface area contributed by atoms with Crippen molar-refractivity contribution in [2.75, 3.05) is 20.2 Å². The molecule has 0 radical (unpaired) electrons. The normalized spacial score (nSPS) is 14.1. The first-order valence-electron chi connectivity index (χ1n) is 9.51. The van der Waals surface area contributed by atoms with Gasteiger partial charge in [-0.05, 0) is 30.2 Å². The number of amides is 1. The number of methoxy groups -OCH3 is 1. The third kappa shape index (κ3) is 3.40. The first-order valence-corrected chi connectivity index (χ1v) is 9.51. The molecule has 1 aliphatic rings. The molecule has 7 nitrogen and oxygen atoms in total. The third-order valence-electron chi connectivity index (χ3n) is 5.30. The molecule has 2 N–H and O–H groups in total. The van der Waals surface area contributed by atoms with Crippen LogP contribution in [0.25, 0.3) is 16.5 Å². The standard InChI is InChI=1S/C22H22N2O5/c1-3-19-16(22(26)27)11-20(29-19)21(25)24-8-6-13(7-9-24)17-12-23-18-5-4-14(28-2)10-15(17)18/h4-6,10-12,23H,3,7-9H2,1-2H3,(H,26,27). The molecular weight excluding hydrogens is 372 g/mol. The number of H-pyrrole nitrogens is 1. The SMILES string of the molecule is CCc1oc(C(=O)N2CC=C(c3c[nH]c4ccc(OC)cc34)CC2)cc1C(=O)O. The van der Waals surface area contributed by atoms with Gasteiger partial charge in [-0.25, -0.2) is 4.79 Å². The number of hydrogen-bond donors (Lipinski definition) is 2. The number of nitrogens with zero attached hydrogens (tertiary/aromatic N) is 1. The molecule has 0 atom stereocenters. The van der Waals surface area contributed by atoms with Crippen LogP contribution < -0.4 is 4.74 Å². The molecule has 0 fully saturated rings. The number of carboxylic acid groups (broad SMARTS) is 1. The number of nitrogens with one attached hydrogen (secondary N) is 1. The molecular formula is C22H22N2O5. The van der Waals surface area contributed by atoms with Gasteiger partial charge in [0.05, 0.1) is 7.11 Å². The summed E-state index contributed by atoms with van der Waals surface area (Å²) in [4.78, 5) is 29.0. The highest BCUT2D eigenvalue weighted by Gasteiger charge is 2.26. The number of benzene rings is 1. The van der Waals surface area contributed by atoms with Gasteiger partial charge in [0.2, 0.25) is 0 Å². The molecule has 0 saturated carbocycles. The minimum Gasteiger partial charge on any atom is -0.497 e. The van der Waals surface area contributed by atoms with Crippen LogP contribution in [-0.2, 0) is 6.42 Å². The van der Waals surface area contributed by atoms with E-state index in [9.17, 15) is 14.7 Å². The Balaban J connectivity index is 1.56. The molecule has 29 heavy (non-hydrogen) atoms. The van der Waals surface area contributed by atoms with E-state index in [4.69, 9.17) is 9.15 Å². The van der Waals surface area contributed by atoms with E-state index in [0.29, 0.717) is 31.7 Å². The molecule has 4 rings (SSSR count). The fourth-order valence-corrected chi connectivity index (χ4v) is 3.72. The van der Waals surface area contributed by atoms with E-state index in [1.54, 1.807) is 18.9 Å². The number of fused-ring (bicyclic) bond motifs is 1. The number of carbonyl (C=O) groups excluding carboxylic acids is 1. The largest absolute Gasteiger partial charge is 0.497 e. The van der Waals surface area contributed by atoms with Crippen molar-refractivity contribution in [3.05, 3.63) is 59.2 Å². The molecule has 1 amide bonds. The molecule has 2 aromatic heterocycles. The monoisotopic (exact) mass is 394 g/mol. The topological polar surface area (TPSA) is 95.8 Å². The van der Waals surface area contributed by atoms with E-state index in [1.807, 2.05) is 30.5 Å². The van der Waals surface area contributed by atoms with Crippen molar-refractivity contribution in [3.63, 3.8) is 0 Å². The zero-order chi connectivity index (χ0) is 20.5. The number of carbonyl (C=O) groups is 2. The van der Waals surface area contributed by atoms with Gasteiger partial charge >= 0.3 is 5.97 Å². The van der Waals surface area contributed by atoms with E-state index in [2.05, 4.69) is 4.98 Å². The van der Waals surface area contributed by atoms with Gasteiger partial charge in [0, 0.05) is 48.2 Å². The summed E-state index contributed by atoms with van der Waals surface area (Å²) in [5.74, 6) is -0.177. The minimum absolute atomic E-state index is 0.0526. The van der Waals surface area contributed by atoms with Gasteiger partial charge in [0.1, 0.15) is 17.1 Å². The lowest BCUT2D eigenvalue weighted by Crippen LogP contribution is -2.34. The van der Waals surface area contributed by atoms with E-state index < -0.39 is 5.97 Å². The Morgan fingerprint density at radius 2 is 2.14 bits per heavy atom. The quantitative estimate of drug-likeness (QED) is 0.683. The molecule has 0 unspecified atom stereocenters. The number of aryl methyl sites for hydroxylation is 1. The molecule has 3 aromatic rings. The zero-order valence-corrected chi connectivity index (χ0v) is 16.3. The van der Waals surface area contributed by atoms with Crippen molar-refractivity contribution >= 4 is 28.4 Å². The first kappa shape index (κ1) is 18.9. The highest BCUT2D eigenvalue weighted by Crippen LogP contribution is 2.32. The number of furan rings is 1. The van der Waals surface area contributed by atoms with Gasteiger partial charge in [0.25, 0.3) is 5.91 Å². The number of ether oxygens (including phenoxy) is 1. The van der Waals surface area contributed by atoms with Gasteiger partial charge < -0.3 is 24.1 Å². The van der Waals surface area contributed by atoms with Crippen LogP contribution in [0.5, 0.6) is 5.75 Å². The summed E-state index contributed by atoms with van der Waals surface area (Å²) in [6.45, 7) is 2.77. The second kappa shape index (κ2) is 7.50. The Morgan fingerprint density at radius 3 is 2.76 bits per heavy atom. The summed E-state index contributed by atoms with van der Waals surface area (Å²) in [6, 6.07) is 7.23. The Labute approximate surface area is 167 Å². The third-order valence-corrected chi connectivity index (χ3v) is 5.30. The second-order valence-electron chi connectivity index (χ2n) is 6.95. The van der Waals surface area contributed by atoms with E-state index in [0.717, 1.165) is 27.8 Å². The summed E-state index contributed by atoms with van der Waals surface area (Å²) in [5, 5.41) is 10.3. The molecule has 0 saturated heterocycles. The predicted octanol–water partition coefficient (Wildman–Crippen LogP) is 3.96. The number of aromatic carboxylic acids is 1. The number of aromatic amines is 1. The molecule has 0 aliphatic carbocycles. The van der Waals surface area contributed by atoms with Crippen LogP contribution in [-0.4, -0.2) is 47.1 Å². The van der Waals surface area contributed by atoms with Gasteiger partial charge in [-0.2, -0.15) is 0 Å². The van der Waals surface area contributed by atoms with E-state index in [-0.39, 0.29) is 17.2 Å². The van der Waals surface area contributed by atoms with Crippen LogP contribution in [0.1, 0.15) is 45.6 Å². The lowest BCUT2D eigenvalue weighted by Gasteiger charge is -2.25. The fraction of sp³-hybridized carbons (Fsp3) is 0.273. The summed E-state index contributed by atoms with van der Waals surface area (Å²) < 4.78 is 10.8. The highest BCUT2D eigenvalue weighted by molar-refractivity contribution is 5.97. The maximum Gasteiger partial charge on any atom is 0.339 e. The predicted molar refractivity (Wildman–Crippen MR) is 108 cm³/mol. The minimum atomic E-state index is -1.08. The lowest BCUT2D eigenvalue weighted by molar-refractivity contribution is 0.0692. The van der Waals surface area contributed by atoms with Crippen molar-refractivity contribution < 1.29 is 23.8 Å². The molecule has 0 spiro atoms. The zero-order valence-electron chi connectivity index (χ0n) is 16.3. The van der Waals surface area contributed by atoms with Crippen LogP contribution in [0.4, 0.5) is 0 Å². The summed E-state index contributed by atoms with van der Waals surface area (Å²) in [7, 11) is 1.64. The van der Waals surface area contributed by atoms with Gasteiger partial charge in [0.15, 0.2) is 5.76 Å². The fourth-order valence-electron chi connectivity index (χ4n) is 3.72. The van der Waals surface area contributed by atoms with Crippen LogP contribution >= 0.6 is 0 Å². The van der Waals surface area contributed by atoms with Crippen molar-refractivity contribution in [1.29, 1.82) is 0 Å². The number of carboxylic acids is 1. The summed E-state index contributed by atoms with van der Waals surface area (Å²) >= 11 is 0. The van der Waals surface area contributed by atoms with Crippen LogP contribution in [0.3, 0.4) is 0 Å². The number of rotatable bonds is 5. The summed E-state index contributed by atoms with van der Waals surface area (Å²) in [6.07, 6.45) is 5.13. The molecule has 1 aliphatic heterocycles. The first-order chi connectivity index (χ1) is 14.0. The number of aromatic nitrogens is 1. The van der Waals surface area contributed by atoms with Crippen molar-refractivity contribution in [2.45, 2.75) is 19.8 Å². The van der Waals surface area contributed by atoms with Gasteiger partial charge in [-0.15, -0.1) is 0 Å². The Bertz CT molecular complexity index is 1120. The molecule has 150 valence electrons. The average molecular weight is 394 g/mol. The Morgan fingerprint density at radius 1 is 1.31 bits per heavy atom. The maximum absolute atomic E-state index is 12.8. The molecule has 0 bridgehead atoms. The van der Waals surface area contributed by atoms with E-state index >= 15 is 0 Å². The van der Waals surface area contributed by atoms with Crippen molar-refractivity contribution in [1.82, 2.24) is 9.88 Å². The number of hydrogen-bond acceptors (Lipinski definition) is 4. The van der Waals surface area contributed by atoms with Crippen molar-refractivity contribution in [3.8, 4) is 5.75 Å². The summed E-state index contributed by atoms with van der Waals surface area (Å²) in [5.41, 5.74) is 3.35.